The van der Waals surface area contributed by atoms with Gasteiger partial charge >= 0.3 is 5.97 Å². The summed E-state index contributed by atoms with van der Waals surface area (Å²) in [5.41, 5.74) is 1.07. The van der Waals surface area contributed by atoms with Crippen LogP contribution in [0.1, 0.15) is 37.7 Å². The Morgan fingerprint density at radius 3 is 2.65 bits per heavy atom. The number of hydrogen-bond acceptors (Lipinski definition) is 3. The number of benzene rings is 1. The van der Waals surface area contributed by atoms with E-state index in [-0.39, 0.29) is 12.3 Å². The number of ether oxygens (including phenoxy) is 1. The van der Waals surface area contributed by atoms with Gasteiger partial charge in [0, 0.05) is 39.1 Å². The van der Waals surface area contributed by atoms with Crippen LogP contribution < -0.4 is 0 Å². The van der Waals surface area contributed by atoms with Gasteiger partial charge in [-0.15, -0.1) is 0 Å². The van der Waals surface area contributed by atoms with Crippen LogP contribution in [-0.4, -0.2) is 41.6 Å². The van der Waals surface area contributed by atoms with Crippen molar-refractivity contribution in [2.45, 2.75) is 38.6 Å². The number of amides is 1. The van der Waals surface area contributed by atoms with Gasteiger partial charge in [0.25, 0.3) is 0 Å². The predicted octanol–water partition coefficient (Wildman–Crippen LogP) is 2.70. The first-order valence-corrected chi connectivity index (χ1v) is 8.26. The molecule has 1 saturated heterocycles. The van der Waals surface area contributed by atoms with Gasteiger partial charge < -0.3 is 14.7 Å². The van der Waals surface area contributed by atoms with E-state index in [1.54, 1.807) is 4.90 Å². The van der Waals surface area contributed by atoms with Crippen LogP contribution in [0, 0.1) is 5.92 Å². The van der Waals surface area contributed by atoms with Crippen molar-refractivity contribution in [3.63, 3.8) is 0 Å². The summed E-state index contributed by atoms with van der Waals surface area (Å²) in [7, 11) is 0. The molecule has 1 amide bonds. The van der Waals surface area contributed by atoms with Gasteiger partial charge in [-0.05, 0) is 30.7 Å². The van der Waals surface area contributed by atoms with E-state index in [2.05, 4.69) is 0 Å². The molecule has 1 aliphatic rings. The molecule has 0 radical (unpaired) electrons. The molecule has 5 heteroatoms. The average Bonchev–Trinajstić information content (AvgIpc) is 3.06. The number of aliphatic carboxylic acids is 1. The van der Waals surface area contributed by atoms with Gasteiger partial charge in [-0.2, -0.15) is 0 Å². The lowest BCUT2D eigenvalue weighted by molar-refractivity contribution is -0.138. The molecule has 1 fully saturated rings. The van der Waals surface area contributed by atoms with Crippen molar-refractivity contribution in [3.05, 3.63) is 35.9 Å². The summed E-state index contributed by atoms with van der Waals surface area (Å²) in [5.74, 6) is -0.233. The van der Waals surface area contributed by atoms with Crippen LogP contribution in [0.3, 0.4) is 0 Å². The Labute approximate surface area is 137 Å². The third-order valence-corrected chi connectivity index (χ3v) is 4.18. The normalized spacial score (nSPS) is 17.1. The van der Waals surface area contributed by atoms with Crippen molar-refractivity contribution < 1.29 is 19.4 Å². The Balaban J connectivity index is 1.87. The summed E-state index contributed by atoms with van der Waals surface area (Å²) in [6, 6.07) is 9.82. The maximum atomic E-state index is 12.5. The Hall–Kier alpha value is -1.88. The van der Waals surface area contributed by atoms with Crippen molar-refractivity contribution in [2.24, 2.45) is 5.92 Å². The molecule has 0 bridgehead atoms. The smallest absolute Gasteiger partial charge is 0.303 e. The van der Waals surface area contributed by atoms with Crippen molar-refractivity contribution in [1.29, 1.82) is 0 Å². The first-order chi connectivity index (χ1) is 11.1. The van der Waals surface area contributed by atoms with E-state index >= 15 is 0 Å². The number of nitrogens with zero attached hydrogens (tertiary/aromatic N) is 1. The molecular formula is C18H25NO4. The quantitative estimate of drug-likeness (QED) is 0.760. The molecule has 1 aliphatic heterocycles. The molecule has 1 heterocycles. The largest absolute Gasteiger partial charge is 0.481 e. The van der Waals surface area contributed by atoms with Crippen LogP contribution in [0.4, 0.5) is 0 Å². The maximum absolute atomic E-state index is 12.5. The fraction of sp³-hybridized carbons (Fsp3) is 0.556. The number of carbonyl (C=O) groups excluding carboxylic acids is 1. The van der Waals surface area contributed by atoms with E-state index in [0.717, 1.165) is 31.6 Å². The van der Waals surface area contributed by atoms with Crippen LogP contribution in [0.5, 0.6) is 0 Å². The molecule has 0 saturated carbocycles. The highest BCUT2D eigenvalue weighted by Gasteiger charge is 2.20. The molecule has 23 heavy (non-hydrogen) atoms. The van der Waals surface area contributed by atoms with Crippen LogP contribution in [0.25, 0.3) is 0 Å². The van der Waals surface area contributed by atoms with Gasteiger partial charge in [-0.1, -0.05) is 30.3 Å². The molecule has 1 N–H and O–H groups in total. The summed E-state index contributed by atoms with van der Waals surface area (Å²) in [6.07, 6.45) is 2.97. The zero-order valence-electron chi connectivity index (χ0n) is 13.4. The Bertz CT molecular complexity index is 497. The molecule has 5 nitrogen and oxygen atoms in total. The summed E-state index contributed by atoms with van der Waals surface area (Å²) in [5, 5.41) is 8.78. The van der Waals surface area contributed by atoms with Gasteiger partial charge in [0.15, 0.2) is 0 Å². The third-order valence-electron chi connectivity index (χ3n) is 4.18. The minimum Gasteiger partial charge on any atom is -0.481 e. The SMILES string of the molecule is O=C(O)CCCN(Cc1ccccc1)C(=O)CCC1CCOC1. The highest BCUT2D eigenvalue weighted by atomic mass is 16.5. The summed E-state index contributed by atoms with van der Waals surface area (Å²) < 4.78 is 5.35. The zero-order valence-corrected chi connectivity index (χ0v) is 13.4. The number of hydrogen-bond donors (Lipinski definition) is 1. The monoisotopic (exact) mass is 319 g/mol. The van der Waals surface area contributed by atoms with Gasteiger partial charge in [-0.3, -0.25) is 9.59 Å². The molecular weight excluding hydrogens is 294 g/mol. The van der Waals surface area contributed by atoms with Gasteiger partial charge in [0.1, 0.15) is 0 Å². The summed E-state index contributed by atoms with van der Waals surface area (Å²) in [6.45, 7) is 2.58. The Morgan fingerprint density at radius 1 is 1.22 bits per heavy atom. The molecule has 0 aromatic heterocycles. The Morgan fingerprint density at radius 2 is 2.00 bits per heavy atom. The van der Waals surface area contributed by atoms with E-state index < -0.39 is 5.97 Å². The van der Waals surface area contributed by atoms with E-state index in [1.165, 1.54) is 0 Å². The third kappa shape index (κ3) is 6.40. The summed E-state index contributed by atoms with van der Waals surface area (Å²) >= 11 is 0. The van der Waals surface area contributed by atoms with Crippen LogP contribution >= 0.6 is 0 Å². The predicted molar refractivity (Wildman–Crippen MR) is 86.9 cm³/mol. The lowest BCUT2D eigenvalue weighted by Gasteiger charge is -2.23. The second-order valence-corrected chi connectivity index (χ2v) is 6.07. The van der Waals surface area contributed by atoms with Crippen molar-refractivity contribution in [2.75, 3.05) is 19.8 Å². The second kappa shape index (κ2) is 9.30. The van der Waals surface area contributed by atoms with Crippen LogP contribution in [0.15, 0.2) is 30.3 Å². The lowest BCUT2D eigenvalue weighted by atomic mass is 10.0. The molecule has 1 unspecified atom stereocenters. The first kappa shape index (κ1) is 17.5. The molecule has 0 spiro atoms. The van der Waals surface area contributed by atoms with Gasteiger partial charge in [0.05, 0.1) is 0 Å². The van der Waals surface area contributed by atoms with E-state index in [0.29, 0.717) is 31.8 Å². The average molecular weight is 319 g/mol. The first-order valence-electron chi connectivity index (χ1n) is 8.26. The van der Waals surface area contributed by atoms with Gasteiger partial charge in [-0.25, -0.2) is 0 Å². The molecule has 2 rings (SSSR count). The maximum Gasteiger partial charge on any atom is 0.303 e. The Kier molecular flexibility index (Phi) is 7.07. The van der Waals surface area contributed by atoms with Crippen molar-refractivity contribution >= 4 is 11.9 Å². The fourth-order valence-electron chi connectivity index (χ4n) is 2.81. The minimum atomic E-state index is -0.819. The van der Waals surface area contributed by atoms with E-state index in [4.69, 9.17) is 9.84 Å². The standard InChI is InChI=1S/C18H25NO4/c20-17(9-8-16-10-12-23-14-16)19(11-4-7-18(21)22)13-15-5-2-1-3-6-15/h1-3,5-6,16H,4,7-14H2,(H,21,22). The van der Waals surface area contributed by atoms with Gasteiger partial charge in [0.2, 0.25) is 5.91 Å². The summed E-state index contributed by atoms with van der Waals surface area (Å²) in [4.78, 5) is 25.0. The zero-order chi connectivity index (χ0) is 16.5. The second-order valence-electron chi connectivity index (χ2n) is 6.07. The number of carbonyl (C=O) groups is 2. The number of rotatable bonds is 9. The topological polar surface area (TPSA) is 66.8 Å². The molecule has 1 aromatic rings. The van der Waals surface area contributed by atoms with E-state index in [1.807, 2.05) is 30.3 Å². The molecule has 0 aliphatic carbocycles. The number of carboxylic acids is 1. The number of carboxylic acid groups (broad SMARTS) is 1. The molecule has 1 atom stereocenters. The van der Waals surface area contributed by atoms with Crippen molar-refractivity contribution in [3.8, 4) is 0 Å². The molecule has 1 aromatic carbocycles. The highest BCUT2D eigenvalue weighted by molar-refractivity contribution is 5.76. The van der Waals surface area contributed by atoms with Crippen LogP contribution in [0.2, 0.25) is 0 Å². The van der Waals surface area contributed by atoms with E-state index in [9.17, 15) is 9.59 Å². The van der Waals surface area contributed by atoms with Crippen LogP contribution in [-0.2, 0) is 20.9 Å². The highest BCUT2D eigenvalue weighted by Crippen LogP contribution is 2.19. The minimum absolute atomic E-state index is 0.0923. The lowest BCUT2D eigenvalue weighted by Crippen LogP contribution is -2.32. The molecule has 126 valence electrons. The fourth-order valence-corrected chi connectivity index (χ4v) is 2.81. The van der Waals surface area contributed by atoms with Crippen molar-refractivity contribution in [1.82, 2.24) is 4.90 Å².